The molecule has 5 nitrogen and oxygen atoms in total. The summed E-state index contributed by atoms with van der Waals surface area (Å²) >= 11 is 0. The minimum Gasteiger partial charge on any atom is -0.488 e. The molecule has 0 aliphatic carbocycles. The fourth-order valence-electron chi connectivity index (χ4n) is 1.79. The van der Waals surface area contributed by atoms with Gasteiger partial charge in [0.2, 0.25) is 0 Å². The summed E-state index contributed by atoms with van der Waals surface area (Å²) in [5, 5.41) is 8.96. The van der Waals surface area contributed by atoms with Gasteiger partial charge in [-0.05, 0) is 25.3 Å². The number of aromatic nitrogens is 1. The van der Waals surface area contributed by atoms with Gasteiger partial charge in [0.15, 0.2) is 5.75 Å². The summed E-state index contributed by atoms with van der Waals surface area (Å²) in [6.45, 7) is 1.14. The van der Waals surface area contributed by atoms with E-state index >= 15 is 0 Å². The zero-order valence-electron chi connectivity index (χ0n) is 9.46. The Labute approximate surface area is 99.4 Å². The van der Waals surface area contributed by atoms with E-state index in [0.29, 0.717) is 12.4 Å². The van der Waals surface area contributed by atoms with Crippen LogP contribution in [-0.4, -0.2) is 35.4 Å². The first kappa shape index (κ1) is 11.9. The molecule has 92 valence electrons. The standard InChI is InChI=1S/C12H15NO4/c14-12(15)10-4-5-13-7-11(10)17-8-9-3-1-2-6-16-9/h4-5,7,9H,1-3,6,8H2,(H,14,15). The molecule has 1 saturated heterocycles. The van der Waals surface area contributed by atoms with E-state index < -0.39 is 5.97 Å². The van der Waals surface area contributed by atoms with Crippen LogP contribution in [0.25, 0.3) is 0 Å². The normalized spacial score (nSPS) is 19.9. The number of carbonyl (C=O) groups is 1. The largest absolute Gasteiger partial charge is 0.488 e. The molecule has 1 aliphatic rings. The third kappa shape index (κ3) is 3.17. The Morgan fingerprint density at radius 2 is 2.47 bits per heavy atom. The van der Waals surface area contributed by atoms with E-state index in [1.165, 1.54) is 18.5 Å². The number of nitrogens with zero attached hydrogens (tertiary/aromatic N) is 1. The van der Waals surface area contributed by atoms with Crippen LogP contribution >= 0.6 is 0 Å². The Morgan fingerprint density at radius 1 is 1.59 bits per heavy atom. The fraction of sp³-hybridized carbons (Fsp3) is 0.500. The van der Waals surface area contributed by atoms with Crippen molar-refractivity contribution in [3.63, 3.8) is 0 Å². The number of hydrogen-bond donors (Lipinski definition) is 1. The summed E-state index contributed by atoms with van der Waals surface area (Å²) in [6.07, 6.45) is 6.10. The maximum Gasteiger partial charge on any atom is 0.339 e. The Morgan fingerprint density at radius 3 is 3.18 bits per heavy atom. The number of carboxylic acid groups (broad SMARTS) is 1. The molecular formula is C12H15NO4. The number of carboxylic acids is 1. The van der Waals surface area contributed by atoms with Gasteiger partial charge in [0.1, 0.15) is 12.2 Å². The minimum atomic E-state index is -1.01. The predicted molar refractivity (Wildman–Crippen MR) is 60.3 cm³/mol. The van der Waals surface area contributed by atoms with Gasteiger partial charge in [0.25, 0.3) is 0 Å². The van der Waals surface area contributed by atoms with Gasteiger partial charge in [-0.2, -0.15) is 0 Å². The molecule has 5 heteroatoms. The third-order valence-electron chi connectivity index (χ3n) is 2.71. The van der Waals surface area contributed by atoms with Crippen LogP contribution in [0, 0.1) is 0 Å². The van der Waals surface area contributed by atoms with Crippen LogP contribution in [0.15, 0.2) is 18.5 Å². The molecule has 1 N–H and O–H groups in total. The van der Waals surface area contributed by atoms with Crippen molar-refractivity contribution in [2.75, 3.05) is 13.2 Å². The molecule has 0 amide bonds. The summed E-state index contributed by atoms with van der Waals surface area (Å²) in [5.74, 6) is -0.707. The summed E-state index contributed by atoms with van der Waals surface area (Å²) in [6, 6.07) is 1.43. The molecule has 1 aromatic heterocycles. The molecule has 0 radical (unpaired) electrons. The molecule has 1 aromatic rings. The molecule has 1 atom stereocenters. The quantitative estimate of drug-likeness (QED) is 0.863. The Bertz CT molecular complexity index is 388. The van der Waals surface area contributed by atoms with E-state index in [1.54, 1.807) is 0 Å². The van der Waals surface area contributed by atoms with E-state index in [4.69, 9.17) is 14.6 Å². The van der Waals surface area contributed by atoms with Gasteiger partial charge < -0.3 is 14.6 Å². The second-order valence-electron chi connectivity index (χ2n) is 3.98. The van der Waals surface area contributed by atoms with Crippen LogP contribution in [0.3, 0.4) is 0 Å². The Balaban J connectivity index is 1.96. The Hall–Kier alpha value is -1.62. The maximum atomic E-state index is 10.9. The Kier molecular flexibility index (Phi) is 3.93. The van der Waals surface area contributed by atoms with Crippen molar-refractivity contribution < 1.29 is 19.4 Å². The first-order chi connectivity index (χ1) is 8.27. The first-order valence-electron chi connectivity index (χ1n) is 5.69. The van der Waals surface area contributed by atoms with Crippen molar-refractivity contribution in [1.82, 2.24) is 4.98 Å². The highest BCUT2D eigenvalue weighted by Crippen LogP contribution is 2.19. The average molecular weight is 237 g/mol. The summed E-state index contributed by atoms with van der Waals surface area (Å²) in [5.41, 5.74) is 0.135. The van der Waals surface area contributed by atoms with Crippen LogP contribution in [0.5, 0.6) is 5.75 Å². The van der Waals surface area contributed by atoms with E-state index in [1.807, 2.05) is 0 Å². The first-order valence-corrected chi connectivity index (χ1v) is 5.69. The molecule has 0 saturated carbocycles. The van der Waals surface area contributed by atoms with Crippen LogP contribution in [0.2, 0.25) is 0 Å². The van der Waals surface area contributed by atoms with Crippen molar-refractivity contribution in [2.24, 2.45) is 0 Å². The maximum absolute atomic E-state index is 10.9. The van der Waals surface area contributed by atoms with Crippen LogP contribution in [0.4, 0.5) is 0 Å². The number of rotatable bonds is 4. The van der Waals surface area contributed by atoms with E-state index in [0.717, 1.165) is 25.9 Å². The molecule has 0 spiro atoms. The van der Waals surface area contributed by atoms with Gasteiger partial charge in [-0.25, -0.2) is 4.79 Å². The van der Waals surface area contributed by atoms with Crippen molar-refractivity contribution in [1.29, 1.82) is 0 Å². The van der Waals surface area contributed by atoms with Gasteiger partial charge >= 0.3 is 5.97 Å². The van der Waals surface area contributed by atoms with Crippen molar-refractivity contribution in [3.05, 3.63) is 24.0 Å². The van der Waals surface area contributed by atoms with Crippen molar-refractivity contribution >= 4 is 5.97 Å². The van der Waals surface area contributed by atoms with Crippen molar-refractivity contribution in [3.8, 4) is 5.75 Å². The van der Waals surface area contributed by atoms with Crippen LogP contribution < -0.4 is 4.74 Å². The number of aromatic carboxylic acids is 1. The van der Waals surface area contributed by atoms with Crippen molar-refractivity contribution in [2.45, 2.75) is 25.4 Å². The van der Waals surface area contributed by atoms with E-state index in [9.17, 15) is 4.79 Å². The second-order valence-corrected chi connectivity index (χ2v) is 3.98. The van der Waals surface area contributed by atoms with Gasteiger partial charge in [-0.3, -0.25) is 4.98 Å². The average Bonchev–Trinajstić information content (AvgIpc) is 2.38. The molecule has 1 unspecified atom stereocenters. The van der Waals surface area contributed by atoms with Gasteiger partial charge in [-0.15, -0.1) is 0 Å². The lowest BCUT2D eigenvalue weighted by molar-refractivity contribution is -0.0113. The second kappa shape index (κ2) is 5.63. The molecule has 1 fully saturated rings. The lowest BCUT2D eigenvalue weighted by Gasteiger charge is -2.22. The lowest BCUT2D eigenvalue weighted by Crippen LogP contribution is -2.26. The molecule has 17 heavy (non-hydrogen) atoms. The topological polar surface area (TPSA) is 68.7 Å². The molecule has 1 aliphatic heterocycles. The van der Waals surface area contributed by atoms with Crippen LogP contribution in [-0.2, 0) is 4.74 Å². The SMILES string of the molecule is O=C(O)c1ccncc1OCC1CCCCO1. The smallest absolute Gasteiger partial charge is 0.339 e. The highest BCUT2D eigenvalue weighted by Gasteiger charge is 2.16. The predicted octanol–water partition coefficient (Wildman–Crippen LogP) is 1.73. The third-order valence-corrected chi connectivity index (χ3v) is 2.71. The number of ether oxygens (including phenoxy) is 2. The molecule has 2 heterocycles. The van der Waals surface area contributed by atoms with E-state index in [2.05, 4.69) is 4.98 Å². The lowest BCUT2D eigenvalue weighted by atomic mass is 10.1. The highest BCUT2D eigenvalue weighted by atomic mass is 16.5. The zero-order valence-corrected chi connectivity index (χ0v) is 9.46. The highest BCUT2D eigenvalue weighted by molar-refractivity contribution is 5.90. The summed E-state index contributed by atoms with van der Waals surface area (Å²) < 4.78 is 11.0. The minimum absolute atomic E-state index is 0.0607. The number of pyridine rings is 1. The van der Waals surface area contributed by atoms with Gasteiger partial charge in [0.05, 0.1) is 12.3 Å². The molecule has 2 rings (SSSR count). The summed E-state index contributed by atoms with van der Waals surface area (Å²) in [7, 11) is 0. The van der Waals surface area contributed by atoms with Gasteiger partial charge in [0, 0.05) is 12.8 Å². The van der Waals surface area contributed by atoms with Crippen LogP contribution in [0.1, 0.15) is 29.6 Å². The molecular weight excluding hydrogens is 222 g/mol. The summed E-state index contributed by atoms with van der Waals surface area (Å²) in [4.78, 5) is 14.8. The van der Waals surface area contributed by atoms with E-state index in [-0.39, 0.29) is 11.7 Å². The molecule has 0 aromatic carbocycles. The van der Waals surface area contributed by atoms with Gasteiger partial charge in [-0.1, -0.05) is 0 Å². The molecule has 0 bridgehead atoms. The number of hydrogen-bond acceptors (Lipinski definition) is 4. The monoisotopic (exact) mass is 237 g/mol. The zero-order chi connectivity index (χ0) is 12.1. The fourth-order valence-corrected chi connectivity index (χ4v) is 1.79.